The van der Waals surface area contributed by atoms with E-state index < -0.39 is 0 Å². The van der Waals surface area contributed by atoms with Crippen molar-refractivity contribution in [1.82, 2.24) is 24.8 Å². The molecule has 0 radical (unpaired) electrons. The van der Waals surface area contributed by atoms with Gasteiger partial charge in [-0.25, -0.2) is 15.0 Å². The van der Waals surface area contributed by atoms with E-state index in [1.54, 1.807) is 26.7 Å². The molecule has 1 amide bonds. The molecular weight excluding hydrogens is 456 g/mol. The number of nitrogens with zero attached hydrogens (tertiary/aromatic N) is 5. The Hall–Kier alpha value is -3.62. The maximum atomic E-state index is 12.8. The lowest BCUT2D eigenvalue weighted by Gasteiger charge is -2.36. The molecule has 1 fully saturated rings. The van der Waals surface area contributed by atoms with E-state index in [0.29, 0.717) is 24.5 Å². The van der Waals surface area contributed by atoms with E-state index in [0.717, 1.165) is 68.1 Å². The molecule has 3 heterocycles. The summed E-state index contributed by atoms with van der Waals surface area (Å²) in [6.07, 6.45) is 10.7. The number of carbonyl (C=O) groups excluding carboxylic acids is 1. The number of ether oxygens (including phenoxy) is 2. The molecular formula is C27H36N6O3. The van der Waals surface area contributed by atoms with Crippen LogP contribution in [-0.4, -0.2) is 58.8 Å². The van der Waals surface area contributed by atoms with Crippen molar-refractivity contribution in [1.29, 1.82) is 0 Å². The predicted molar refractivity (Wildman–Crippen MR) is 139 cm³/mol. The number of imidazole rings is 1. The fraction of sp³-hybridized carbons (Fsp3) is 0.481. The van der Waals surface area contributed by atoms with Crippen LogP contribution < -0.4 is 19.7 Å². The monoisotopic (exact) mass is 492 g/mol. The average Bonchev–Trinajstić information content (AvgIpc) is 3.41. The summed E-state index contributed by atoms with van der Waals surface area (Å²) in [5.74, 6) is 3.21. The van der Waals surface area contributed by atoms with Crippen molar-refractivity contribution in [2.45, 2.75) is 58.0 Å². The quantitative estimate of drug-likeness (QED) is 0.439. The zero-order valence-corrected chi connectivity index (χ0v) is 21.4. The number of aryl methyl sites for hydroxylation is 3. The van der Waals surface area contributed by atoms with E-state index >= 15 is 0 Å². The van der Waals surface area contributed by atoms with Gasteiger partial charge in [0.05, 0.1) is 20.5 Å². The number of methoxy groups -OCH3 is 2. The molecule has 2 aromatic heterocycles. The van der Waals surface area contributed by atoms with Crippen molar-refractivity contribution in [3.8, 4) is 11.5 Å². The normalized spacial score (nSPS) is 15.5. The first-order valence-electron chi connectivity index (χ1n) is 12.6. The molecule has 36 heavy (non-hydrogen) atoms. The summed E-state index contributed by atoms with van der Waals surface area (Å²) >= 11 is 0. The lowest BCUT2D eigenvalue weighted by molar-refractivity contribution is -0.121. The first-order chi connectivity index (χ1) is 17.6. The number of aromatic nitrogens is 4. The van der Waals surface area contributed by atoms with Crippen LogP contribution in [-0.2, 0) is 24.2 Å². The molecule has 1 aliphatic heterocycles. The summed E-state index contributed by atoms with van der Waals surface area (Å²) in [4.78, 5) is 28.8. The topological polar surface area (TPSA) is 94.4 Å². The molecule has 1 aliphatic rings. The maximum Gasteiger partial charge on any atom is 0.222 e. The van der Waals surface area contributed by atoms with E-state index in [4.69, 9.17) is 14.5 Å². The van der Waals surface area contributed by atoms with E-state index in [1.165, 1.54) is 0 Å². The van der Waals surface area contributed by atoms with E-state index in [9.17, 15) is 4.79 Å². The molecule has 0 spiro atoms. The first-order valence-corrected chi connectivity index (χ1v) is 12.6. The van der Waals surface area contributed by atoms with Gasteiger partial charge < -0.3 is 24.3 Å². The Labute approximate surface area is 212 Å². The smallest absolute Gasteiger partial charge is 0.222 e. The van der Waals surface area contributed by atoms with Gasteiger partial charge in [-0.05, 0) is 50.3 Å². The molecule has 1 atom stereocenters. The van der Waals surface area contributed by atoms with Crippen molar-refractivity contribution in [3.05, 3.63) is 60.1 Å². The van der Waals surface area contributed by atoms with Crippen LogP contribution in [0.4, 0.5) is 5.82 Å². The molecule has 3 aromatic rings. The van der Waals surface area contributed by atoms with Gasteiger partial charge in [0.2, 0.25) is 5.91 Å². The SMILES string of the molecule is COc1ccc(CCNC(=O)CC2CCCCN2c2cc(C)nc(CCn3ccnc3)n2)cc1OC. The lowest BCUT2D eigenvalue weighted by atomic mass is 9.98. The molecule has 9 nitrogen and oxygen atoms in total. The number of carbonyl (C=O) groups is 1. The minimum atomic E-state index is 0.0680. The van der Waals surface area contributed by atoms with Gasteiger partial charge in [0.15, 0.2) is 11.5 Å². The maximum absolute atomic E-state index is 12.8. The third-order valence-corrected chi connectivity index (χ3v) is 6.57. The van der Waals surface area contributed by atoms with Gasteiger partial charge >= 0.3 is 0 Å². The zero-order chi connectivity index (χ0) is 25.3. The number of piperidine rings is 1. The Morgan fingerprint density at radius 2 is 1.97 bits per heavy atom. The highest BCUT2D eigenvalue weighted by Gasteiger charge is 2.26. The Morgan fingerprint density at radius 3 is 2.75 bits per heavy atom. The van der Waals surface area contributed by atoms with Gasteiger partial charge in [-0.3, -0.25) is 4.79 Å². The van der Waals surface area contributed by atoms with Crippen LogP contribution in [0, 0.1) is 6.92 Å². The Balaban J connectivity index is 1.34. The van der Waals surface area contributed by atoms with Gasteiger partial charge in [0.1, 0.15) is 11.6 Å². The molecule has 0 bridgehead atoms. The number of hydrogen-bond donors (Lipinski definition) is 1. The second kappa shape index (κ2) is 12.4. The van der Waals surface area contributed by atoms with Crippen LogP contribution in [0.15, 0.2) is 43.0 Å². The molecule has 1 aromatic carbocycles. The summed E-state index contributed by atoms with van der Waals surface area (Å²) in [6.45, 7) is 4.27. The van der Waals surface area contributed by atoms with Gasteiger partial charge in [-0.15, -0.1) is 0 Å². The summed E-state index contributed by atoms with van der Waals surface area (Å²) in [5.41, 5.74) is 2.04. The predicted octanol–water partition coefficient (Wildman–Crippen LogP) is 3.35. The third-order valence-electron chi connectivity index (χ3n) is 6.57. The number of amides is 1. The number of rotatable bonds is 11. The second-order valence-electron chi connectivity index (χ2n) is 9.17. The molecule has 1 saturated heterocycles. The number of hydrogen-bond acceptors (Lipinski definition) is 7. The number of nitrogens with one attached hydrogen (secondary N) is 1. The van der Waals surface area contributed by atoms with E-state index in [-0.39, 0.29) is 11.9 Å². The molecule has 0 saturated carbocycles. The first kappa shape index (κ1) is 25.5. The van der Waals surface area contributed by atoms with Gasteiger partial charge in [-0.2, -0.15) is 0 Å². The molecule has 9 heteroatoms. The molecule has 4 rings (SSSR count). The highest BCUT2D eigenvalue weighted by Crippen LogP contribution is 2.28. The van der Waals surface area contributed by atoms with Crippen LogP contribution in [0.5, 0.6) is 11.5 Å². The summed E-state index contributed by atoms with van der Waals surface area (Å²) < 4.78 is 12.7. The minimum Gasteiger partial charge on any atom is -0.493 e. The molecule has 1 N–H and O–H groups in total. The second-order valence-corrected chi connectivity index (χ2v) is 9.17. The zero-order valence-electron chi connectivity index (χ0n) is 21.4. The number of benzene rings is 1. The minimum absolute atomic E-state index is 0.0680. The Kier molecular flexibility index (Phi) is 8.76. The molecule has 0 aliphatic carbocycles. The van der Waals surface area contributed by atoms with Crippen LogP contribution in [0.3, 0.4) is 0 Å². The highest BCUT2D eigenvalue weighted by molar-refractivity contribution is 5.77. The highest BCUT2D eigenvalue weighted by atomic mass is 16.5. The van der Waals surface area contributed by atoms with E-state index in [1.807, 2.05) is 42.0 Å². The molecule has 192 valence electrons. The average molecular weight is 493 g/mol. The largest absolute Gasteiger partial charge is 0.493 e. The number of anilines is 1. The van der Waals surface area contributed by atoms with Crippen LogP contribution in [0.1, 0.15) is 42.8 Å². The fourth-order valence-electron chi connectivity index (χ4n) is 4.70. The van der Waals surface area contributed by atoms with Gasteiger partial charge in [0, 0.05) is 62.7 Å². The van der Waals surface area contributed by atoms with Gasteiger partial charge in [0.25, 0.3) is 0 Å². The lowest BCUT2D eigenvalue weighted by Crippen LogP contribution is -2.43. The fourth-order valence-corrected chi connectivity index (χ4v) is 4.70. The Morgan fingerprint density at radius 1 is 1.11 bits per heavy atom. The van der Waals surface area contributed by atoms with Crippen LogP contribution in [0.2, 0.25) is 0 Å². The summed E-state index contributed by atoms with van der Waals surface area (Å²) in [6, 6.07) is 8.02. The molecule has 1 unspecified atom stereocenters. The third kappa shape index (κ3) is 6.74. The Bertz CT molecular complexity index is 1130. The van der Waals surface area contributed by atoms with E-state index in [2.05, 4.69) is 20.2 Å². The van der Waals surface area contributed by atoms with Crippen molar-refractivity contribution < 1.29 is 14.3 Å². The van der Waals surface area contributed by atoms with Gasteiger partial charge in [-0.1, -0.05) is 6.07 Å². The van der Waals surface area contributed by atoms with Crippen molar-refractivity contribution >= 4 is 11.7 Å². The standard InChI is InChI=1S/C27H36N6O3/c1-20-16-26(31-25(30-20)10-14-32-15-12-28-19-32)33-13-5-4-6-22(33)18-27(34)29-11-9-21-7-8-23(35-2)24(17-21)36-3/h7-8,12,15-17,19,22H,4-6,9-11,13-14,18H2,1-3H3,(H,29,34). The van der Waals surface area contributed by atoms with Crippen molar-refractivity contribution in [2.24, 2.45) is 0 Å². The summed E-state index contributed by atoms with van der Waals surface area (Å²) in [7, 11) is 3.25. The van der Waals surface area contributed by atoms with Crippen molar-refractivity contribution in [3.63, 3.8) is 0 Å². The van der Waals surface area contributed by atoms with Crippen LogP contribution in [0.25, 0.3) is 0 Å². The summed E-state index contributed by atoms with van der Waals surface area (Å²) in [5, 5.41) is 3.10. The van der Waals surface area contributed by atoms with Crippen molar-refractivity contribution in [2.75, 3.05) is 32.2 Å². The van der Waals surface area contributed by atoms with Crippen LogP contribution >= 0.6 is 0 Å².